The molecule has 4 rings (SSSR count). The Morgan fingerprint density at radius 3 is 3.05 bits per heavy atom. The maximum atomic E-state index is 5.93. The number of aromatic nitrogens is 2. The van der Waals surface area contributed by atoms with Gasteiger partial charge in [0.25, 0.3) is 0 Å². The van der Waals surface area contributed by atoms with Gasteiger partial charge in [-0.05, 0) is 55.5 Å². The highest BCUT2D eigenvalue weighted by molar-refractivity contribution is 5.78. The molecule has 1 aliphatic heterocycles. The Morgan fingerprint density at radius 2 is 2.23 bits per heavy atom. The zero-order valence-corrected chi connectivity index (χ0v) is 13.4. The van der Waals surface area contributed by atoms with Crippen LogP contribution < -0.4 is 4.74 Å². The number of rotatable bonds is 4. The topological polar surface area (TPSA) is 41.1 Å². The zero-order valence-electron chi connectivity index (χ0n) is 13.4. The summed E-state index contributed by atoms with van der Waals surface area (Å²) in [5, 5.41) is 7.50. The number of nitrogens with one attached hydrogen (secondary N) is 1. The predicted octanol–water partition coefficient (Wildman–Crippen LogP) is 3.34. The Morgan fingerprint density at radius 1 is 1.32 bits per heavy atom. The van der Waals surface area contributed by atoms with Crippen LogP contribution in [0.3, 0.4) is 0 Å². The highest BCUT2D eigenvalue weighted by atomic mass is 16.5. The van der Waals surface area contributed by atoms with Crippen molar-refractivity contribution in [1.29, 1.82) is 0 Å². The van der Waals surface area contributed by atoms with E-state index in [1.54, 1.807) is 0 Å². The summed E-state index contributed by atoms with van der Waals surface area (Å²) in [5.74, 6) is 0.995. The van der Waals surface area contributed by atoms with E-state index in [1.807, 2.05) is 13.1 Å². The zero-order chi connectivity index (χ0) is 15.1. The summed E-state index contributed by atoms with van der Waals surface area (Å²) in [4.78, 5) is 2.64. The molecule has 0 radical (unpaired) electrons. The quantitative estimate of drug-likeness (QED) is 0.941. The average Bonchev–Trinajstić information content (AvgIpc) is 3.00. The third kappa shape index (κ3) is 1.97. The Balaban J connectivity index is 1.91. The van der Waals surface area contributed by atoms with Crippen molar-refractivity contribution in [3.8, 4) is 17.0 Å². The van der Waals surface area contributed by atoms with Gasteiger partial charge in [0.2, 0.25) is 0 Å². The van der Waals surface area contributed by atoms with Gasteiger partial charge in [-0.15, -0.1) is 0 Å². The molecular formula is C18H23N3O. The van der Waals surface area contributed by atoms with Gasteiger partial charge < -0.3 is 4.74 Å². The van der Waals surface area contributed by atoms with E-state index in [0.717, 1.165) is 37.4 Å². The number of hydrogen-bond acceptors (Lipinski definition) is 3. The van der Waals surface area contributed by atoms with Crippen LogP contribution in [0.2, 0.25) is 0 Å². The lowest BCUT2D eigenvalue weighted by Crippen LogP contribution is -2.38. The van der Waals surface area contributed by atoms with Crippen molar-refractivity contribution in [2.24, 2.45) is 0 Å². The minimum Gasteiger partial charge on any atom is -0.493 e. The Bertz CT molecular complexity index is 692. The molecular weight excluding hydrogens is 274 g/mol. The number of hydrogen-bond donors (Lipinski definition) is 1. The molecule has 1 aromatic heterocycles. The van der Waals surface area contributed by atoms with Gasteiger partial charge in [0.05, 0.1) is 18.5 Å². The lowest BCUT2D eigenvalue weighted by Gasteiger charge is -2.41. The largest absolute Gasteiger partial charge is 0.493 e. The second kappa shape index (κ2) is 5.43. The summed E-state index contributed by atoms with van der Waals surface area (Å²) in [7, 11) is 0. The molecule has 2 aliphatic rings. The highest BCUT2D eigenvalue weighted by Gasteiger charge is 2.36. The molecule has 1 N–H and O–H groups in total. The maximum Gasteiger partial charge on any atom is 0.129 e. The van der Waals surface area contributed by atoms with E-state index >= 15 is 0 Å². The first kappa shape index (κ1) is 13.8. The van der Waals surface area contributed by atoms with Crippen LogP contribution >= 0.6 is 0 Å². The molecule has 1 unspecified atom stereocenters. The summed E-state index contributed by atoms with van der Waals surface area (Å²) in [6, 6.07) is 4.88. The molecule has 0 fully saturated rings. The van der Waals surface area contributed by atoms with Crippen LogP contribution in [0.15, 0.2) is 18.3 Å². The molecule has 116 valence electrons. The monoisotopic (exact) mass is 297 g/mol. The van der Waals surface area contributed by atoms with Crippen LogP contribution in [0.25, 0.3) is 11.3 Å². The third-order valence-corrected chi connectivity index (χ3v) is 4.93. The number of nitrogens with zero attached hydrogens (tertiary/aromatic N) is 2. The molecule has 1 aliphatic carbocycles. The van der Waals surface area contributed by atoms with Crippen LogP contribution in [0.4, 0.5) is 0 Å². The van der Waals surface area contributed by atoms with Crippen molar-refractivity contribution in [3.63, 3.8) is 0 Å². The van der Waals surface area contributed by atoms with Crippen molar-refractivity contribution < 1.29 is 4.74 Å². The van der Waals surface area contributed by atoms with Crippen LogP contribution in [-0.2, 0) is 12.8 Å². The SMILES string of the molecule is CCCN1CCc2ccc(OCC)c3c2C1Cc1cn[nH]c1-3. The fourth-order valence-corrected chi connectivity index (χ4v) is 4.05. The molecule has 22 heavy (non-hydrogen) atoms. The fourth-order valence-electron chi connectivity index (χ4n) is 4.05. The number of H-pyrrole nitrogens is 1. The predicted molar refractivity (Wildman–Crippen MR) is 87.2 cm³/mol. The standard InChI is InChI=1S/C18H23N3O/c1-3-8-21-9-7-12-5-6-15(22-4-2)17-16(12)14(21)10-13-11-19-20-18(13)17/h5-6,11,14H,3-4,7-10H2,1-2H3,(H,19,20). The molecule has 0 saturated carbocycles. The molecule has 4 heteroatoms. The Kier molecular flexibility index (Phi) is 3.41. The Labute approximate surface area is 131 Å². The van der Waals surface area contributed by atoms with Crippen LogP contribution in [0.5, 0.6) is 5.75 Å². The smallest absolute Gasteiger partial charge is 0.129 e. The summed E-state index contributed by atoms with van der Waals surface area (Å²) in [6.07, 6.45) is 5.38. The molecule has 2 aromatic rings. The van der Waals surface area contributed by atoms with Gasteiger partial charge in [-0.3, -0.25) is 10.00 Å². The highest BCUT2D eigenvalue weighted by Crippen LogP contribution is 2.48. The molecule has 1 atom stereocenters. The average molecular weight is 297 g/mol. The number of ether oxygens (including phenoxy) is 1. The minimum atomic E-state index is 0.476. The second-order valence-electron chi connectivity index (χ2n) is 6.22. The van der Waals surface area contributed by atoms with Gasteiger partial charge in [-0.1, -0.05) is 13.0 Å². The van der Waals surface area contributed by atoms with Gasteiger partial charge in [0.1, 0.15) is 5.75 Å². The molecule has 0 saturated heterocycles. The number of fused-ring (bicyclic) bond motifs is 2. The fraction of sp³-hybridized carbons (Fsp3) is 0.500. The molecule has 4 nitrogen and oxygen atoms in total. The maximum absolute atomic E-state index is 5.93. The third-order valence-electron chi connectivity index (χ3n) is 4.93. The summed E-state index contributed by atoms with van der Waals surface area (Å²) in [6.45, 7) is 7.32. The van der Waals surface area contributed by atoms with Crippen molar-refractivity contribution in [1.82, 2.24) is 15.1 Å². The number of benzene rings is 1. The van der Waals surface area contributed by atoms with Gasteiger partial charge >= 0.3 is 0 Å². The van der Waals surface area contributed by atoms with E-state index < -0.39 is 0 Å². The van der Waals surface area contributed by atoms with E-state index in [0.29, 0.717) is 12.6 Å². The van der Waals surface area contributed by atoms with Crippen molar-refractivity contribution in [3.05, 3.63) is 35.0 Å². The van der Waals surface area contributed by atoms with E-state index in [1.165, 1.54) is 28.7 Å². The first-order valence-electron chi connectivity index (χ1n) is 8.38. The summed E-state index contributed by atoms with van der Waals surface area (Å²) < 4.78 is 5.93. The van der Waals surface area contributed by atoms with Crippen LogP contribution in [0, 0.1) is 0 Å². The van der Waals surface area contributed by atoms with Crippen LogP contribution in [-0.4, -0.2) is 34.8 Å². The van der Waals surface area contributed by atoms with E-state index in [4.69, 9.17) is 4.74 Å². The minimum absolute atomic E-state index is 0.476. The molecule has 0 amide bonds. The second-order valence-corrected chi connectivity index (χ2v) is 6.22. The Hall–Kier alpha value is -1.81. The van der Waals surface area contributed by atoms with Gasteiger partial charge in [-0.2, -0.15) is 5.10 Å². The normalized spacial score (nSPS) is 19.6. The van der Waals surface area contributed by atoms with Crippen molar-refractivity contribution in [2.75, 3.05) is 19.7 Å². The van der Waals surface area contributed by atoms with E-state index in [-0.39, 0.29) is 0 Å². The molecule has 2 heterocycles. The van der Waals surface area contributed by atoms with Crippen LogP contribution in [0.1, 0.15) is 43.0 Å². The van der Waals surface area contributed by atoms with Crippen molar-refractivity contribution in [2.45, 2.75) is 39.2 Å². The van der Waals surface area contributed by atoms with Crippen molar-refractivity contribution >= 4 is 0 Å². The lowest BCUT2D eigenvalue weighted by atomic mass is 9.79. The first-order valence-corrected chi connectivity index (χ1v) is 8.38. The van der Waals surface area contributed by atoms with Gasteiger partial charge in [-0.25, -0.2) is 0 Å². The lowest BCUT2D eigenvalue weighted by molar-refractivity contribution is 0.182. The molecule has 0 spiro atoms. The van der Waals surface area contributed by atoms with E-state index in [2.05, 4.69) is 34.2 Å². The summed E-state index contributed by atoms with van der Waals surface area (Å²) >= 11 is 0. The number of aromatic amines is 1. The first-order chi connectivity index (χ1) is 10.8. The summed E-state index contributed by atoms with van der Waals surface area (Å²) in [5.41, 5.74) is 6.69. The van der Waals surface area contributed by atoms with Gasteiger partial charge in [0.15, 0.2) is 0 Å². The molecule has 0 bridgehead atoms. The van der Waals surface area contributed by atoms with E-state index in [9.17, 15) is 0 Å². The molecule has 1 aromatic carbocycles. The van der Waals surface area contributed by atoms with Gasteiger partial charge in [0, 0.05) is 18.2 Å².